The third kappa shape index (κ3) is 3.39. The van der Waals surface area contributed by atoms with E-state index in [0.29, 0.717) is 22.3 Å². The SMILES string of the molecule is CCOc1ccc(Nc2nc(I)nc3c2ncn3C(C)C)cc1. The Morgan fingerprint density at radius 1 is 1.22 bits per heavy atom. The second kappa shape index (κ2) is 6.69. The van der Waals surface area contributed by atoms with Crippen LogP contribution in [0.3, 0.4) is 0 Å². The zero-order valence-corrected chi connectivity index (χ0v) is 15.4. The summed E-state index contributed by atoms with van der Waals surface area (Å²) in [7, 11) is 0. The molecule has 1 aromatic carbocycles. The molecule has 2 heterocycles. The minimum absolute atomic E-state index is 0.295. The van der Waals surface area contributed by atoms with Gasteiger partial charge in [-0.15, -0.1) is 0 Å². The van der Waals surface area contributed by atoms with Gasteiger partial charge in [0.1, 0.15) is 5.75 Å². The second-order valence-electron chi connectivity index (χ2n) is 5.34. The van der Waals surface area contributed by atoms with E-state index >= 15 is 0 Å². The standard InChI is InChI=1S/C16H18IN5O/c1-4-23-12-7-5-11(6-8-12)19-14-13-15(21-16(17)20-14)22(9-18-13)10(2)3/h5-10H,4H2,1-3H3,(H,19,20,21). The topological polar surface area (TPSA) is 64.9 Å². The fraction of sp³-hybridized carbons (Fsp3) is 0.312. The first-order valence-electron chi connectivity index (χ1n) is 7.48. The summed E-state index contributed by atoms with van der Waals surface area (Å²) >= 11 is 2.13. The summed E-state index contributed by atoms with van der Waals surface area (Å²) in [5.74, 6) is 1.56. The summed E-state index contributed by atoms with van der Waals surface area (Å²) < 4.78 is 8.19. The third-order valence-electron chi connectivity index (χ3n) is 3.38. The van der Waals surface area contributed by atoms with E-state index in [1.54, 1.807) is 0 Å². The first-order chi connectivity index (χ1) is 11.1. The summed E-state index contributed by atoms with van der Waals surface area (Å²) in [5.41, 5.74) is 2.55. The maximum Gasteiger partial charge on any atom is 0.194 e. The Hall–Kier alpha value is -1.90. The van der Waals surface area contributed by atoms with Crippen molar-refractivity contribution in [3.63, 3.8) is 0 Å². The molecule has 3 rings (SSSR count). The summed E-state index contributed by atoms with van der Waals surface area (Å²) in [6, 6.07) is 8.09. The van der Waals surface area contributed by atoms with Gasteiger partial charge in [0.05, 0.1) is 12.9 Å². The number of ether oxygens (including phenoxy) is 1. The van der Waals surface area contributed by atoms with Crippen LogP contribution in [0, 0.1) is 3.83 Å². The molecule has 1 N–H and O–H groups in total. The molecule has 0 fully saturated rings. The van der Waals surface area contributed by atoms with Gasteiger partial charge in [-0.25, -0.2) is 15.0 Å². The lowest BCUT2D eigenvalue weighted by atomic mass is 10.3. The lowest BCUT2D eigenvalue weighted by Crippen LogP contribution is -2.03. The highest BCUT2D eigenvalue weighted by molar-refractivity contribution is 14.1. The van der Waals surface area contributed by atoms with Crippen LogP contribution in [0.1, 0.15) is 26.8 Å². The molecular weight excluding hydrogens is 405 g/mol. The molecule has 0 aliphatic rings. The lowest BCUT2D eigenvalue weighted by molar-refractivity contribution is 0.340. The van der Waals surface area contributed by atoms with Crippen LogP contribution in [0.15, 0.2) is 30.6 Å². The van der Waals surface area contributed by atoms with Crippen molar-refractivity contribution < 1.29 is 4.74 Å². The van der Waals surface area contributed by atoms with E-state index in [2.05, 4.69) is 56.7 Å². The molecule has 0 bridgehead atoms. The Kier molecular flexibility index (Phi) is 4.65. The summed E-state index contributed by atoms with van der Waals surface area (Å²) in [6.07, 6.45) is 1.81. The van der Waals surface area contributed by atoms with E-state index in [-0.39, 0.29) is 0 Å². The number of hydrogen-bond acceptors (Lipinski definition) is 5. The normalized spacial score (nSPS) is 11.2. The predicted molar refractivity (Wildman–Crippen MR) is 99.3 cm³/mol. The highest BCUT2D eigenvalue weighted by Crippen LogP contribution is 2.26. The third-order valence-corrected chi connectivity index (χ3v) is 3.86. The molecular formula is C16H18IN5O. The average molecular weight is 423 g/mol. The molecule has 0 saturated heterocycles. The molecule has 0 aliphatic carbocycles. The van der Waals surface area contributed by atoms with Crippen LogP contribution in [0.4, 0.5) is 11.5 Å². The molecule has 120 valence electrons. The summed E-state index contributed by atoms with van der Waals surface area (Å²) in [5, 5.41) is 3.32. The van der Waals surface area contributed by atoms with E-state index in [1.165, 1.54) is 0 Å². The van der Waals surface area contributed by atoms with Gasteiger partial charge >= 0.3 is 0 Å². The van der Waals surface area contributed by atoms with Gasteiger partial charge in [-0.1, -0.05) is 0 Å². The maximum atomic E-state index is 5.46. The van der Waals surface area contributed by atoms with Crippen LogP contribution in [-0.2, 0) is 0 Å². The average Bonchev–Trinajstić information content (AvgIpc) is 2.93. The van der Waals surface area contributed by atoms with Crippen molar-refractivity contribution in [1.29, 1.82) is 0 Å². The minimum atomic E-state index is 0.295. The van der Waals surface area contributed by atoms with Crippen LogP contribution in [0.5, 0.6) is 5.75 Å². The van der Waals surface area contributed by atoms with Crippen molar-refractivity contribution in [3.8, 4) is 5.75 Å². The molecule has 0 aliphatic heterocycles. The zero-order chi connectivity index (χ0) is 16.4. The van der Waals surface area contributed by atoms with Crippen LogP contribution in [-0.4, -0.2) is 26.1 Å². The number of nitrogens with one attached hydrogen (secondary N) is 1. The van der Waals surface area contributed by atoms with E-state index in [4.69, 9.17) is 4.74 Å². The number of rotatable bonds is 5. The molecule has 0 saturated carbocycles. The Labute approximate surface area is 148 Å². The van der Waals surface area contributed by atoms with Crippen LogP contribution in [0.2, 0.25) is 0 Å². The first kappa shape index (κ1) is 16.0. The molecule has 0 radical (unpaired) electrons. The molecule has 0 atom stereocenters. The van der Waals surface area contributed by atoms with Crippen molar-refractivity contribution in [2.75, 3.05) is 11.9 Å². The molecule has 3 aromatic rings. The molecule has 23 heavy (non-hydrogen) atoms. The molecule has 0 unspecified atom stereocenters. The van der Waals surface area contributed by atoms with Gasteiger partial charge in [0.25, 0.3) is 0 Å². The summed E-state index contributed by atoms with van der Waals surface area (Å²) in [4.78, 5) is 13.5. The van der Waals surface area contributed by atoms with Gasteiger partial charge in [-0.05, 0) is 45.0 Å². The monoisotopic (exact) mass is 423 g/mol. The van der Waals surface area contributed by atoms with Crippen molar-refractivity contribution in [3.05, 3.63) is 34.4 Å². The Balaban J connectivity index is 1.96. The number of benzene rings is 1. The maximum absolute atomic E-state index is 5.46. The number of imidazole rings is 1. The Bertz CT molecular complexity index is 813. The van der Waals surface area contributed by atoms with Gasteiger partial charge in [-0.2, -0.15) is 0 Å². The van der Waals surface area contributed by atoms with E-state index in [0.717, 1.165) is 22.6 Å². The first-order valence-corrected chi connectivity index (χ1v) is 8.56. The van der Waals surface area contributed by atoms with Crippen molar-refractivity contribution >= 4 is 45.3 Å². The van der Waals surface area contributed by atoms with Crippen molar-refractivity contribution in [1.82, 2.24) is 19.5 Å². The fourth-order valence-corrected chi connectivity index (χ4v) is 2.76. The quantitative estimate of drug-likeness (QED) is 0.494. The van der Waals surface area contributed by atoms with Gasteiger partial charge in [-0.3, -0.25) is 0 Å². The van der Waals surface area contributed by atoms with Crippen molar-refractivity contribution in [2.24, 2.45) is 0 Å². The Morgan fingerprint density at radius 2 is 1.96 bits per heavy atom. The number of nitrogens with zero attached hydrogens (tertiary/aromatic N) is 4. The highest BCUT2D eigenvalue weighted by atomic mass is 127. The van der Waals surface area contributed by atoms with Gasteiger partial charge in [0.15, 0.2) is 20.8 Å². The number of fused-ring (bicyclic) bond motifs is 1. The van der Waals surface area contributed by atoms with Crippen LogP contribution in [0.25, 0.3) is 11.2 Å². The second-order valence-corrected chi connectivity index (χ2v) is 6.31. The van der Waals surface area contributed by atoms with Crippen molar-refractivity contribution in [2.45, 2.75) is 26.8 Å². The van der Waals surface area contributed by atoms with E-state index < -0.39 is 0 Å². The minimum Gasteiger partial charge on any atom is -0.494 e. The van der Waals surface area contributed by atoms with E-state index in [1.807, 2.05) is 42.1 Å². The molecule has 2 aromatic heterocycles. The zero-order valence-electron chi connectivity index (χ0n) is 13.2. The molecule has 0 amide bonds. The van der Waals surface area contributed by atoms with Gasteiger partial charge < -0.3 is 14.6 Å². The number of halogens is 1. The molecule has 7 heteroatoms. The Morgan fingerprint density at radius 3 is 2.61 bits per heavy atom. The van der Waals surface area contributed by atoms with Gasteiger partial charge in [0.2, 0.25) is 0 Å². The smallest absolute Gasteiger partial charge is 0.194 e. The highest BCUT2D eigenvalue weighted by Gasteiger charge is 2.14. The number of anilines is 2. The van der Waals surface area contributed by atoms with E-state index in [9.17, 15) is 0 Å². The number of hydrogen-bond donors (Lipinski definition) is 1. The van der Waals surface area contributed by atoms with Crippen LogP contribution >= 0.6 is 22.6 Å². The predicted octanol–water partition coefficient (Wildman–Crippen LogP) is 4.15. The largest absolute Gasteiger partial charge is 0.494 e. The van der Waals surface area contributed by atoms with Crippen LogP contribution < -0.4 is 10.1 Å². The summed E-state index contributed by atoms with van der Waals surface area (Å²) in [6.45, 7) is 6.84. The lowest BCUT2D eigenvalue weighted by Gasteiger charge is -2.10. The molecule has 6 nitrogen and oxygen atoms in total. The molecule has 0 spiro atoms. The van der Waals surface area contributed by atoms with Gasteiger partial charge in [0, 0.05) is 34.3 Å². The fourth-order valence-electron chi connectivity index (χ4n) is 2.29. The number of aromatic nitrogens is 4.